The number of carbonyl (C=O) groups is 1. The van der Waals surface area contributed by atoms with E-state index < -0.39 is 0 Å². The molecule has 0 fully saturated rings. The Hall–Kier alpha value is -3.39. The minimum atomic E-state index is -0.102. The van der Waals surface area contributed by atoms with E-state index in [0.29, 0.717) is 6.54 Å². The highest BCUT2D eigenvalue weighted by atomic mass is 32.2. The molecular weight excluding hydrogens is 384 g/mol. The molecule has 0 atom stereocenters. The number of rotatable bonds is 7. The van der Waals surface area contributed by atoms with Gasteiger partial charge in [-0.05, 0) is 24.6 Å². The topological polar surface area (TPSA) is 77.6 Å². The summed E-state index contributed by atoms with van der Waals surface area (Å²) >= 11 is 1.38. The van der Waals surface area contributed by atoms with Crippen molar-refractivity contribution in [1.29, 1.82) is 0 Å². The van der Waals surface area contributed by atoms with Crippen molar-refractivity contribution in [2.24, 2.45) is 0 Å². The van der Waals surface area contributed by atoms with Gasteiger partial charge in [0.25, 0.3) is 0 Å². The third-order valence-electron chi connectivity index (χ3n) is 4.38. The Morgan fingerprint density at radius 1 is 1.07 bits per heavy atom. The minimum absolute atomic E-state index is 0.102. The van der Waals surface area contributed by atoms with E-state index in [2.05, 4.69) is 32.6 Å². The summed E-state index contributed by atoms with van der Waals surface area (Å²) in [6, 6.07) is 17.8. The summed E-state index contributed by atoms with van der Waals surface area (Å²) in [5.74, 6) is 0.960. The summed E-state index contributed by atoms with van der Waals surface area (Å²) in [7, 11) is 0. The van der Waals surface area contributed by atoms with Crippen LogP contribution in [0.5, 0.6) is 0 Å². The lowest BCUT2D eigenvalue weighted by atomic mass is 10.2. The van der Waals surface area contributed by atoms with Crippen molar-refractivity contribution in [3.05, 3.63) is 84.7 Å². The Kier molecular flexibility index (Phi) is 5.71. The van der Waals surface area contributed by atoms with Gasteiger partial charge in [-0.1, -0.05) is 54.2 Å². The third kappa shape index (κ3) is 4.55. The standard InChI is InChI=1S/C21H20N6OS/c1-16-24-25-21(27(16)13-17-7-3-2-4-8-17)29-14-20(28)23-18-9-5-6-10-19(18)26-12-11-22-15-26/h2-12,15H,13-14H2,1H3,(H,23,28). The Morgan fingerprint density at radius 2 is 1.86 bits per heavy atom. The predicted octanol–water partition coefficient (Wildman–Crippen LogP) is 3.55. The average Bonchev–Trinajstić information content (AvgIpc) is 3.39. The fourth-order valence-electron chi connectivity index (χ4n) is 2.94. The van der Waals surface area contributed by atoms with Crippen LogP contribution < -0.4 is 5.32 Å². The van der Waals surface area contributed by atoms with Crippen LogP contribution in [-0.2, 0) is 11.3 Å². The number of aromatic nitrogens is 5. The molecule has 0 radical (unpaired) electrons. The zero-order chi connectivity index (χ0) is 20.1. The molecule has 0 bridgehead atoms. The summed E-state index contributed by atoms with van der Waals surface area (Å²) < 4.78 is 3.88. The largest absolute Gasteiger partial charge is 0.324 e. The number of anilines is 1. The van der Waals surface area contributed by atoms with Crippen molar-refractivity contribution >= 4 is 23.4 Å². The van der Waals surface area contributed by atoms with Gasteiger partial charge >= 0.3 is 0 Å². The maximum Gasteiger partial charge on any atom is 0.234 e. The number of carbonyl (C=O) groups excluding carboxylic acids is 1. The maximum absolute atomic E-state index is 12.6. The molecule has 29 heavy (non-hydrogen) atoms. The molecule has 2 aromatic heterocycles. The smallest absolute Gasteiger partial charge is 0.234 e. The van der Waals surface area contributed by atoms with Gasteiger partial charge in [0.1, 0.15) is 5.82 Å². The number of thioether (sulfide) groups is 1. The first-order chi connectivity index (χ1) is 14.2. The molecule has 146 valence electrons. The van der Waals surface area contributed by atoms with Gasteiger partial charge in [-0.3, -0.25) is 4.79 Å². The first-order valence-corrected chi connectivity index (χ1v) is 10.1. The number of imidazole rings is 1. The van der Waals surface area contributed by atoms with E-state index >= 15 is 0 Å². The molecule has 0 saturated heterocycles. The van der Waals surface area contributed by atoms with Crippen molar-refractivity contribution < 1.29 is 4.79 Å². The van der Waals surface area contributed by atoms with Crippen molar-refractivity contribution in [1.82, 2.24) is 24.3 Å². The van der Waals surface area contributed by atoms with Gasteiger partial charge in [0.15, 0.2) is 5.16 Å². The van der Waals surface area contributed by atoms with Crippen molar-refractivity contribution in [3.8, 4) is 5.69 Å². The summed E-state index contributed by atoms with van der Waals surface area (Å²) in [4.78, 5) is 16.6. The van der Waals surface area contributed by atoms with Gasteiger partial charge in [-0.15, -0.1) is 10.2 Å². The van der Waals surface area contributed by atoms with Crippen LogP contribution in [0, 0.1) is 6.92 Å². The van der Waals surface area contributed by atoms with Crippen molar-refractivity contribution in [2.75, 3.05) is 11.1 Å². The molecule has 7 nitrogen and oxygen atoms in total. The lowest BCUT2D eigenvalue weighted by Crippen LogP contribution is -2.16. The molecule has 0 unspecified atom stereocenters. The molecule has 0 aliphatic carbocycles. The van der Waals surface area contributed by atoms with E-state index in [4.69, 9.17) is 0 Å². The molecule has 1 amide bonds. The molecule has 2 heterocycles. The van der Waals surface area contributed by atoms with Crippen LogP contribution in [0.25, 0.3) is 5.69 Å². The van der Waals surface area contributed by atoms with E-state index in [1.54, 1.807) is 12.5 Å². The fraction of sp³-hybridized carbons (Fsp3) is 0.143. The molecule has 0 aliphatic rings. The van der Waals surface area contributed by atoms with Gasteiger partial charge in [-0.2, -0.15) is 0 Å². The fourth-order valence-corrected chi connectivity index (χ4v) is 3.72. The summed E-state index contributed by atoms with van der Waals surface area (Å²) in [6.07, 6.45) is 5.25. The quantitative estimate of drug-likeness (QED) is 0.477. The molecule has 8 heteroatoms. The van der Waals surface area contributed by atoms with E-state index in [-0.39, 0.29) is 11.7 Å². The van der Waals surface area contributed by atoms with Crippen LogP contribution in [0.1, 0.15) is 11.4 Å². The summed E-state index contributed by atoms with van der Waals surface area (Å²) in [5, 5.41) is 12.1. The number of aryl methyl sites for hydroxylation is 1. The summed E-state index contributed by atoms with van der Waals surface area (Å²) in [5.41, 5.74) is 2.76. The maximum atomic E-state index is 12.6. The first kappa shape index (κ1) is 18.9. The highest BCUT2D eigenvalue weighted by Gasteiger charge is 2.13. The van der Waals surface area contributed by atoms with Gasteiger partial charge in [-0.25, -0.2) is 4.98 Å². The third-order valence-corrected chi connectivity index (χ3v) is 5.35. The SMILES string of the molecule is Cc1nnc(SCC(=O)Nc2ccccc2-n2ccnc2)n1Cc1ccccc1. The molecule has 4 aromatic rings. The van der Waals surface area contributed by atoms with E-state index in [1.165, 1.54) is 11.8 Å². The average molecular weight is 404 g/mol. The Bertz CT molecular complexity index is 1090. The Labute approximate surface area is 172 Å². The van der Waals surface area contributed by atoms with Crippen LogP contribution in [0.2, 0.25) is 0 Å². The second-order valence-corrected chi connectivity index (χ2v) is 7.37. The van der Waals surface area contributed by atoms with Crippen LogP contribution in [0.4, 0.5) is 5.69 Å². The second kappa shape index (κ2) is 8.74. The Balaban J connectivity index is 1.43. The number of amides is 1. The normalized spacial score (nSPS) is 10.8. The molecular formula is C21H20N6OS. The van der Waals surface area contributed by atoms with Crippen LogP contribution in [0.3, 0.4) is 0 Å². The highest BCUT2D eigenvalue weighted by Crippen LogP contribution is 2.22. The molecule has 4 rings (SSSR count). The number of hydrogen-bond acceptors (Lipinski definition) is 5. The lowest BCUT2D eigenvalue weighted by Gasteiger charge is -2.12. The van der Waals surface area contributed by atoms with Crippen molar-refractivity contribution in [3.63, 3.8) is 0 Å². The molecule has 0 aliphatic heterocycles. The monoisotopic (exact) mass is 404 g/mol. The molecule has 0 saturated carbocycles. The van der Waals surface area contributed by atoms with Gasteiger partial charge in [0.2, 0.25) is 5.91 Å². The molecule has 2 aromatic carbocycles. The summed E-state index contributed by atoms with van der Waals surface area (Å²) in [6.45, 7) is 2.59. The van der Waals surface area contributed by atoms with Gasteiger partial charge < -0.3 is 14.5 Å². The lowest BCUT2D eigenvalue weighted by molar-refractivity contribution is -0.113. The van der Waals surface area contributed by atoms with Crippen molar-refractivity contribution in [2.45, 2.75) is 18.6 Å². The Morgan fingerprint density at radius 3 is 2.66 bits per heavy atom. The first-order valence-electron chi connectivity index (χ1n) is 9.14. The van der Waals surface area contributed by atoms with Crippen LogP contribution in [-0.4, -0.2) is 36.0 Å². The van der Waals surface area contributed by atoms with E-state index in [0.717, 1.165) is 27.9 Å². The van der Waals surface area contributed by atoms with Gasteiger partial charge in [0, 0.05) is 12.4 Å². The number of nitrogens with zero attached hydrogens (tertiary/aromatic N) is 5. The number of benzene rings is 2. The highest BCUT2D eigenvalue weighted by molar-refractivity contribution is 7.99. The van der Waals surface area contributed by atoms with E-state index in [9.17, 15) is 4.79 Å². The molecule has 1 N–H and O–H groups in total. The van der Waals surface area contributed by atoms with E-state index in [1.807, 2.05) is 64.7 Å². The zero-order valence-corrected chi connectivity index (χ0v) is 16.7. The second-order valence-electron chi connectivity index (χ2n) is 6.43. The minimum Gasteiger partial charge on any atom is -0.324 e. The number of hydrogen-bond donors (Lipinski definition) is 1. The van der Waals surface area contributed by atoms with Gasteiger partial charge in [0.05, 0.1) is 30.0 Å². The molecule has 0 spiro atoms. The number of para-hydroxylation sites is 2. The van der Waals surface area contributed by atoms with Crippen LogP contribution >= 0.6 is 11.8 Å². The van der Waals surface area contributed by atoms with Crippen LogP contribution in [0.15, 0.2) is 78.5 Å². The number of nitrogens with one attached hydrogen (secondary N) is 1. The zero-order valence-electron chi connectivity index (χ0n) is 15.9. The predicted molar refractivity (Wildman–Crippen MR) is 113 cm³/mol.